The van der Waals surface area contributed by atoms with Crippen LogP contribution in [0.4, 0.5) is 0 Å². The molecule has 0 amide bonds. The molecule has 0 aromatic carbocycles. The monoisotopic (exact) mass is 931 g/mol. The van der Waals surface area contributed by atoms with E-state index in [0.29, 0.717) is 19.3 Å². The Balaban J connectivity index is 4.52. The Morgan fingerprint density at radius 3 is 1.01 bits per heavy atom. The van der Waals surface area contributed by atoms with Crippen molar-refractivity contribution in [1.29, 1.82) is 0 Å². The summed E-state index contributed by atoms with van der Waals surface area (Å²) in [6, 6.07) is 0. The fraction of sp³-hybridized carbons (Fsp3) is 0.689. The van der Waals surface area contributed by atoms with Crippen molar-refractivity contribution in [3.05, 3.63) is 97.2 Å². The van der Waals surface area contributed by atoms with Crippen LogP contribution < -0.4 is 0 Å². The van der Waals surface area contributed by atoms with Crippen LogP contribution in [-0.4, -0.2) is 37.2 Å². The minimum Gasteiger partial charge on any atom is -0.462 e. The summed E-state index contributed by atoms with van der Waals surface area (Å²) in [7, 11) is 0. The van der Waals surface area contributed by atoms with Gasteiger partial charge < -0.3 is 14.2 Å². The van der Waals surface area contributed by atoms with Crippen LogP contribution in [0.5, 0.6) is 0 Å². The molecule has 67 heavy (non-hydrogen) atoms. The SMILES string of the molecule is CC/C=C\C/C=C\C/C=C\C/C=C\C/C=C\C/C=C\CCC(=O)OCC(COC(=O)CCCCCCCCCCCCCCCC)OC(=O)CCCCCCC/C=C\C/C=C\CCCCCC. The van der Waals surface area contributed by atoms with Crippen molar-refractivity contribution in [3.8, 4) is 0 Å². The van der Waals surface area contributed by atoms with Gasteiger partial charge in [-0.1, -0.05) is 240 Å². The maximum absolute atomic E-state index is 12.8. The van der Waals surface area contributed by atoms with Gasteiger partial charge in [-0.2, -0.15) is 0 Å². The van der Waals surface area contributed by atoms with Crippen molar-refractivity contribution >= 4 is 17.9 Å². The van der Waals surface area contributed by atoms with Crippen molar-refractivity contribution in [2.75, 3.05) is 13.2 Å². The van der Waals surface area contributed by atoms with Gasteiger partial charge in [0, 0.05) is 19.3 Å². The van der Waals surface area contributed by atoms with E-state index in [0.717, 1.165) is 103 Å². The minimum absolute atomic E-state index is 0.105. The summed E-state index contributed by atoms with van der Waals surface area (Å²) in [5.74, 6) is -1.00. The number of carbonyl (C=O) groups excluding carboxylic acids is 3. The van der Waals surface area contributed by atoms with Gasteiger partial charge in [0.05, 0.1) is 0 Å². The molecule has 0 aliphatic rings. The van der Waals surface area contributed by atoms with Gasteiger partial charge in [-0.3, -0.25) is 14.4 Å². The number of unbranched alkanes of at least 4 members (excludes halogenated alkanes) is 22. The van der Waals surface area contributed by atoms with Gasteiger partial charge in [-0.15, -0.1) is 0 Å². The number of hydrogen-bond donors (Lipinski definition) is 0. The topological polar surface area (TPSA) is 78.9 Å². The molecular weight excluding hydrogens is 829 g/mol. The first kappa shape index (κ1) is 63.3. The van der Waals surface area contributed by atoms with Gasteiger partial charge in [-0.05, 0) is 89.9 Å². The Bertz CT molecular complexity index is 1350. The first-order valence-electron chi connectivity index (χ1n) is 27.7. The van der Waals surface area contributed by atoms with Crippen molar-refractivity contribution in [2.45, 2.75) is 258 Å². The maximum Gasteiger partial charge on any atom is 0.306 e. The van der Waals surface area contributed by atoms with Crippen LogP contribution in [0, 0.1) is 0 Å². The summed E-state index contributed by atoms with van der Waals surface area (Å²) in [4.78, 5) is 38.1. The molecular formula is C61H102O6. The fourth-order valence-corrected chi connectivity index (χ4v) is 7.44. The predicted octanol–water partition coefficient (Wildman–Crippen LogP) is 18.5. The van der Waals surface area contributed by atoms with Crippen LogP contribution in [0.25, 0.3) is 0 Å². The predicted molar refractivity (Wildman–Crippen MR) is 288 cm³/mol. The molecule has 0 aromatic rings. The molecule has 1 atom stereocenters. The zero-order chi connectivity index (χ0) is 48.6. The third-order valence-electron chi connectivity index (χ3n) is 11.6. The first-order chi connectivity index (χ1) is 33.0. The molecule has 0 bridgehead atoms. The third-order valence-corrected chi connectivity index (χ3v) is 11.6. The first-order valence-corrected chi connectivity index (χ1v) is 27.7. The van der Waals surface area contributed by atoms with E-state index in [4.69, 9.17) is 14.2 Å². The molecule has 6 nitrogen and oxygen atoms in total. The summed E-state index contributed by atoms with van der Waals surface area (Å²) in [5.41, 5.74) is 0. The second-order valence-corrected chi connectivity index (χ2v) is 18.1. The van der Waals surface area contributed by atoms with Gasteiger partial charge in [0.1, 0.15) is 13.2 Å². The van der Waals surface area contributed by atoms with Crippen molar-refractivity contribution in [3.63, 3.8) is 0 Å². The van der Waals surface area contributed by atoms with Crippen molar-refractivity contribution in [2.24, 2.45) is 0 Å². The second kappa shape index (κ2) is 54.9. The van der Waals surface area contributed by atoms with Gasteiger partial charge in [-0.25, -0.2) is 0 Å². The van der Waals surface area contributed by atoms with Gasteiger partial charge in [0.2, 0.25) is 0 Å². The summed E-state index contributed by atoms with van der Waals surface area (Å²) >= 11 is 0. The third kappa shape index (κ3) is 53.2. The maximum atomic E-state index is 12.8. The number of allylic oxidation sites excluding steroid dienone is 16. The average Bonchev–Trinajstić information content (AvgIpc) is 3.33. The molecule has 0 aromatic heterocycles. The molecule has 0 spiro atoms. The molecule has 0 heterocycles. The normalized spacial score (nSPS) is 12.8. The fourth-order valence-electron chi connectivity index (χ4n) is 7.44. The summed E-state index contributed by atoms with van der Waals surface area (Å²) in [6.45, 7) is 6.44. The molecule has 382 valence electrons. The van der Waals surface area contributed by atoms with E-state index in [1.54, 1.807) is 0 Å². The lowest BCUT2D eigenvalue weighted by Crippen LogP contribution is -2.30. The van der Waals surface area contributed by atoms with E-state index in [2.05, 4.69) is 112 Å². The number of hydrogen-bond acceptors (Lipinski definition) is 6. The van der Waals surface area contributed by atoms with Crippen molar-refractivity contribution < 1.29 is 28.6 Å². The molecule has 0 N–H and O–H groups in total. The lowest BCUT2D eigenvalue weighted by atomic mass is 10.0. The Morgan fingerprint density at radius 1 is 0.313 bits per heavy atom. The average molecular weight is 931 g/mol. The zero-order valence-electron chi connectivity index (χ0n) is 43.6. The molecule has 0 aliphatic carbocycles. The number of ether oxygens (including phenoxy) is 3. The smallest absolute Gasteiger partial charge is 0.306 e. The highest BCUT2D eigenvalue weighted by Gasteiger charge is 2.19. The van der Waals surface area contributed by atoms with E-state index in [1.807, 2.05) is 6.08 Å². The van der Waals surface area contributed by atoms with E-state index in [-0.39, 0.29) is 37.5 Å². The highest BCUT2D eigenvalue weighted by molar-refractivity contribution is 5.71. The number of carbonyl (C=O) groups is 3. The second-order valence-electron chi connectivity index (χ2n) is 18.1. The Morgan fingerprint density at radius 2 is 0.612 bits per heavy atom. The molecule has 0 saturated carbocycles. The zero-order valence-corrected chi connectivity index (χ0v) is 43.6. The largest absolute Gasteiger partial charge is 0.462 e. The Labute approximate surface area is 413 Å². The van der Waals surface area contributed by atoms with Crippen LogP contribution >= 0.6 is 0 Å². The lowest BCUT2D eigenvalue weighted by molar-refractivity contribution is -0.166. The minimum atomic E-state index is -0.815. The number of rotatable bonds is 49. The van der Waals surface area contributed by atoms with Crippen LogP contribution in [0.1, 0.15) is 252 Å². The molecule has 0 saturated heterocycles. The van der Waals surface area contributed by atoms with Crippen molar-refractivity contribution in [1.82, 2.24) is 0 Å². The van der Waals surface area contributed by atoms with Gasteiger partial charge >= 0.3 is 17.9 Å². The van der Waals surface area contributed by atoms with E-state index < -0.39 is 6.10 Å². The molecule has 0 rings (SSSR count). The van der Waals surface area contributed by atoms with Crippen LogP contribution in [0.3, 0.4) is 0 Å². The quantitative estimate of drug-likeness (QED) is 0.0262. The standard InChI is InChI=1S/C61H102O6/c1-4-7-10-13-16-19-22-25-28-30-31-32-34-36-39-42-45-48-51-54-60(63)66-57-58(56-65-59(62)53-50-47-44-41-38-35-27-24-21-18-15-12-9-6-3)67-61(64)55-52-49-46-43-40-37-33-29-26-23-20-17-14-11-8-5-2/h7,10,16,19-20,23,25,28-29,31-33,36,39,45,48,58H,4-6,8-9,11-15,17-18,21-22,24,26-27,30,34-35,37-38,40-44,46-47,49-57H2,1-3H3/b10-7-,19-16-,23-20-,28-25-,32-31-,33-29-,39-36-,48-45-. The van der Waals surface area contributed by atoms with E-state index in [1.165, 1.54) is 103 Å². The molecule has 0 fully saturated rings. The van der Waals surface area contributed by atoms with Gasteiger partial charge in [0.15, 0.2) is 6.10 Å². The molecule has 1 unspecified atom stereocenters. The van der Waals surface area contributed by atoms with Crippen LogP contribution in [0.2, 0.25) is 0 Å². The highest BCUT2D eigenvalue weighted by Crippen LogP contribution is 2.15. The summed E-state index contributed by atoms with van der Waals surface area (Å²) in [5, 5.41) is 0. The highest BCUT2D eigenvalue weighted by atomic mass is 16.6. The van der Waals surface area contributed by atoms with Crippen LogP contribution in [0.15, 0.2) is 97.2 Å². The Hall–Kier alpha value is -3.67. The summed E-state index contributed by atoms with van der Waals surface area (Å²) < 4.78 is 16.8. The van der Waals surface area contributed by atoms with E-state index >= 15 is 0 Å². The van der Waals surface area contributed by atoms with E-state index in [9.17, 15) is 14.4 Å². The molecule has 0 aliphatic heterocycles. The van der Waals surface area contributed by atoms with Gasteiger partial charge in [0.25, 0.3) is 0 Å². The summed E-state index contributed by atoms with van der Waals surface area (Å²) in [6.07, 6.45) is 72.6. The number of esters is 3. The lowest BCUT2D eigenvalue weighted by Gasteiger charge is -2.18. The molecule has 6 heteroatoms. The van der Waals surface area contributed by atoms with Crippen LogP contribution in [-0.2, 0) is 28.6 Å². The Kier molecular flexibility index (Phi) is 51.9. The molecule has 0 radical (unpaired) electrons.